The second-order valence-corrected chi connectivity index (χ2v) is 7.76. The van der Waals surface area contributed by atoms with Gasteiger partial charge in [-0.2, -0.15) is 0 Å². The van der Waals surface area contributed by atoms with Crippen molar-refractivity contribution in [1.29, 1.82) is 0 Å². The summed E-state index contributed by atoms with van der Waals surface area (Å²) in [5.41, 5.74) is 1.02. The Hall–Kier alpha value is -3.04. The van der Waals surface area contributed by atoms with Crippen molar-refractivity contribution >= 4 is 57.2 Å². The summed E-state index contributed by atoms with van der Waals surface area (Å²) >= 11 is 9.39. The van der Waals surface area contributed by atoms with Crippen LogP contribution in [0.15, 0.2) is 46.6 Å². The lowest BCUT2D eigenvalue weighted by atomic mass is 10.1. The average molecular weight is 524 g/mol. The molecule has 3 rings (SSSR count). The molecule has 3 amide bonds. The molecular weight excluding hydrogens is 504 g/mol. The third kappa shape index (κ3) is 5.41. The molecule has 168 valence electrons. The molecule has 8 nitrogen and oxygen atoms in total. The van der Waals surface area contributed by atoms with Gasteiger partial charge in [-0.05, 0) is 71.7 Å². The van der Waals surface area contributed by atoms with Crippen LogP contribution in [0.2, 0.25) is 5.02 Å². The van der Waals surface area contributed by atoms with E-state index in [1.165, 1.54) is 12.1 Å². The van der Waals surface area contributed by atoms with Gasteiger partial charge in [-0.1, -0.05) is 17.7 Å². The number of hydrogen-bond acceptors (Lipinski definition) is 6. The third-order valence-electron chi connectivity index (χ3n) is 4.23. The second-order valence-electron chi connectivity index (χ2n) is 6.47. The van der Waals surface area contributed by atoms with Crippen LogP contribution in [0.3, 0.4) is 0 Å². The number of nitrogens with one attached hydrogen (secondary N) is 1. The molecule has 0 bridgehead atoms. The summed E-state index contributed by atoms with van der Waals surface area (Å²) in [5, 5.41) is 2.97. The number of urea groups is 1. The highest BCUT2D eigenvalue weighted by molar-refractivity contribution is 9.10. The fraction of sp³-hybridized carbons (Fsp3) is 0.227. The zero-order valence-electron chi connectivity index (χ0n) is 17.3. The van der Waals surface area contributed by atoms with E-state index >= 15 is 0 Å². The highest BCUT2D eigenvalue weighted by Crippen LogP contribution is 2.38. The van der Waals surface area contributed by atoms with Gasteiger partial charge in [-0.3, -0.25) is 4.79 Å². The predicted octanol–water partition coefficient (Wildman–Crippen LogP) is 4.54. The summed E-state index contributed by atoms with van der Waals surface area (Å²) in [5.74, 6) is -0.340. The molecule has 0 saturated carbocycles. The van der Waals surface area contributed by atoms with E-state index in [1.807, 2.05) is 0 Å². The van der Waals surface area contributed by atoms with E-state index in [0.717, 1.165) is 4.90 Å². The van der Waals surface area contributed by atoms with E-state index in [-0.39, 0.29) is 18.9 Å². The quantitative estimate of drug-likeness (QED) is 0.310. The molecule has 1 N–H and O–H groups in total. The first-order chi connectivity index (χ1) is 15.3. The number of imide groups is 1. The maximum atomic E-state index is 12.8. The Morgan fingerprint density at radius 3 is 2.62 bits per heavy atom. The Bertz CT molecular complexity index is 1090. The second kappa shape index (κ2) is 10.5. The standard InChI is InChI=1S/C22H20BrClN2O6/c1-3-30-18-10-13(8-16(23)20(18)32-12-19(27)31-4-2)9-17-21(28)26(22(29)25-17)15-7-5-6-14(24)11-15/h5-11H,3-4,12H2,1-2H3,(H,25,29)/b17-9+. The van der Waals surface area contributed by atoms with E-state index in [4.69, 9.17) is 25.8 Å². The average Bonchev–Trinajstić information content (AvgIpc) is 3.00. The first-order valence-corrected chi connectivity index (χ1v) is 10.9. The van der Waals surface area contributed by atoms with Crippen molar-refractivity contribution in [3.8, 4) is 11.5 Å². The zero-order chi connectivity index (χ0) is 23.3. The molecule has 0 atom stereocenters. The maximum Gasteiger partial charge on any atom is 0.344 e. The summed E-state index contributed by atoms with van der Waals surface area (Å²) in [7, 11) is 0. The van der Waals surface area contributed by atoms with Gasteiger partial charge in [0.25, 0.3) is 5.91 Å². The molecule has 1 heterocycles. The number of amides is 3. The molecule has 0 spiro atoms. The van der Waals surface area contributed by atoms with Gasteiger partial charge in [0.1, 0.15) is 5.70 Å². The minimum atomic E-state index is -0.581. The van der Waals surface area contributed by atoms with Crippen LogP contribution in [0.4, 0.5) is 10.5 Å². The predicted molar refractivity (Wildman–Crippen MR) is 123 cm³/mol. The van der Waals surface area contributed by atoms with E-state index in [2.05, 4.69) is 21.2 Å². The van der Waals surface area contributed by atoms with Gasteiger partial charge in [0.05, 0.1) is 23.4 Å². The summed E-state index contributed by atoms with van der Waals surface area (Å²) in [6.45, 7) is 3.83. The summed E-state index contributed by atoms with van der Waals surface area (Å²) in [6, 6.07) is 9.19. The van der Waals surface area contributed by atoms with Crippen molar-refractivity contribution in [3.63, 3.8) is 0 Å². The van der Waals surface area contributed by atoms with Gasteiger partial charge in [0.15, 0.2) is 18.1 Å². The van der Waals surface area contributed by atoms with E-state index in [9.17, 15) is 14.4 Å². The number of benzene rings is 2. The molecule has 1 aliphatic rings. The van der Waals surface area contributed by atoms with Crippen LogP contribution in [0.1, 0.15) is 19.4 Å². The summed E-state index contributed by atoms with van der Waals surface area (Å²) in [4.78, 5) is 37.9. The lowest BCUT2D eigenvalue weighted by Gasteiger charge is -2.14. The number of hydrogen-bond donors (Lipinski definition) is 1. The number of carbonyl (C=O) groups excluding carboxylic acids is 3. The number of carbonyl (C=O) groups is 3. The molecule has 10 heteroatoms. The van der Waals surface area contributed by atoms with Crippen LogP contribution >= 0.6 is 27.5 Å². The lowest BCUT2D eigenvalue weighted by molar-refractivity contribution is -0.145. The largest absolute Gasteiger partial charge is 0.490 e. The lowest BCUT2D eigenvalue weighted by Crippen LogP contribution is -2.30. The molecule has 1 saturated heterocycles. The van der Waals surface area contributed by atoms with Crippen LogP contribution < -0.4 is 19.7 Å². The van der Waals surface area contributed by atoms with E-state index < -0.39 is 17.9 Å². The molecule has 1 fully saturated rings. The highest BCUT2D eigenvalue weighted by Gasteiger charge is 2.35. The molecule has 0 aromatic heterocycles. The van der Waals surface area contributed by atoms with Crippen LogP contribution in [0, 0.1) is 0 Å². The Balaban J connectivity index is 1.88. The van der Waals surface area contributed by atoms with Crippen molar-refractivity contribution in [2.45, 2.75) is 13.8 Å². The van der Waals surface area contributed by atoms with Gasteiger partial charge < -0.3 is 19.5 Å². The van der Waals surface area contributed by atoms with Crippen molar-refractivity contribution < 1.29 is 28.6 Å². The van der Waals surface area contributed by atoms with Gasteiger partial charge in [-0.15, -0.1) is 0 Å². The van der Waals surface area contributed by atoms with Crippen molar-refractivity contribution in [2.24, 2.45) is 0 Å². The number of esters is 1. The number of ether oxygens (including phenoxy) is 3. The smallest absolute Gasteiger partial charge is 0.344 e. The molecule has 0 radical (unpaired) electrons. The fourth-order valence-corrected chi connectivity index (χ4v) is 3.72. The SMILES string of the molecule is CCOC(=O)COc1c(Br)cc(/C=C2/NC(=O)N(c3cccc(Cl)c3)C2=O)cc1OCC. The summed E-state index contributed by atoms with van der Waals surface area (Å²) in [6.07, 6.45) is 1.52. The molecule has 1 aliphatic heterocycles. The van der Waals surface area contributed by atoms with Gasteiger partial charge >= 0.3 is 12.0 Å². The van der Waals surface area contributed by atoms with Gasteiger partial charge in [-0.25, -0.2) is 14.5 Å². The third-order valence-corrected chi connectivity index (χ3v) is 5.05. The number of nitrogens with zero attached hydrogens (tertiary/aromatic N) is 1. The van der Waals surface area contributed by atoms with Crippen molar-refractivity contribution in [3.05, 3.63) is 57.2 Å². The van der Waals surface area contributed by atoms with Crippen LogP contribution in [-0.2, 0) is 14.3 Å². The minimum Gasteiger partial charge on any atom is -0.490 e. The van der Waals surface area contributed by atoms with Crippen LogP contribution in [0.25, 0.3) is 6.08 Å². The molecule has 0 unspecified atom stereocenters. The fourth-order valence-electron chi connectivity index (χ4n) is 2.96. The topological polar surface area (TPSA) is 94.2 Å². The normalized spacial score (nSPS) is 14.5. The van der Waals surface area contributed by atoms with E-state index in [0.29, 0.717) is 38.9 Å². The Morgan fingerprint density at radius 2 is 1.94 bits per heavy atom. The number of rotatable bonds is 8. The molecular formula is C22H20BrClN2O6. The Labute approximate surface area is 198 Å². The molecule has 0 aliphatic carbocycles. The summed E-state index contributed by atoms with van der Waals surface area (Å²) < 4.78 is 16.6. The van der Waals surface area contributed by atoms with Gasteiger partial charge in [0, 0.05) is 5.02 Å². The van der Waals surface area contributed by atoms with E-state index in [1.54, 1.807) is 44.2 Å². The highest BCUT2D eigenvalue weighted by atomic mass is 79.9. The van der Waals surface area contributed by atoms with Crippen molar-refractivity contribution in [2.75, 3.05) is 24.7 Å². The minimum absolute atomic E-state index is 0.0875. The number of halogens is 2. The monoisotopic (exact) mass is 522 g/mol. The first-order valence-electron chi connectivity index (χ1n) is 9.71. The first kappa shape index (κ1) is 23.6. The van der Waals surface area contributed by atoms with Gasteiger partial charge in [0.2, 0.25) is 0 Å². The van der Waals surface area contributed by atoms with Crippen molar-refractivity contribution in [1.82, 2.24) is 5.32 Å². The van der Waals surface area contributed by atoms with Crippen LogP contribution in [-0.4, -0.2) is 37.7 Å². The number of anilines is 1. The Morgan fingerprint density at radius 1 is 1.16 bits per heavy atom. The molecule has 32 heavy (non-hydrogen) atoms. The molecule has 2 aromatic carbocycles. The zero-order valence-corrected chi connectivity index (χ0v) is 19.7. The maximum absolute atomic E-state index is 12.8. The van der Waals surface area contributed by atoms with Crippen LogP contribution in [0.5, 0.6) is 11.5 Å². The molecule has 2 aromatic rings. The Kier molecular flexibility index (Phi) is 7.76.